The van der Waals surface area contributed by atoms with Crippen LogP contribution in [0.25, 0.3) is 0 Å². The first-order valence-corrected chi connectivity index (χ1v) is 5.71. The monoisotopic (exact) mass is 222 g/mol. The molecule has 0 aromatic carbocycles. The zero-order chi connectivity index (χ0) is 10.6. The number of hydrogen-bond donors (Lipinski definition) is 1. The molecule has 5 heteroatoms. The summed E-state index contributed by atoms with van der Waals surface area (Å²) in [7, 11) is 0. The van der Waals surface area contributed by atoms with Gasteiger partial charge in [0.1, 0.15) is 0 Å². The van der Waals surface area contributed by atoms with Gasteiger partial charge in [-0.1, -0.05) is 18.7 Å². The lowest BCUT2D eigenvalue weighted by Crippen LogP contribution is -2.38. The minimum Gasteiger partial charge on any atom is -0.362 e. The molecule has 1 aliphatic rings. The Kier molecular flexibility index (Phi) is 4.65. The molecule has 14 heavy (non-hydrogen) atoms. The Balaban J connectivity index is 2.35. The molecule has 0 saturated carbocycles. The lowest BCUT2D eigenvalue weighted by atomic mass is 10.2. The van der Waals surface area contributed by atoms with Crippen molar-refractivity contribution < 1.29 is 8.78 Å². The number of alkyl halides is 2. The van der Waals surface area contributed by atoms with Crippen LogP contribution in [0.1, 0.15) is 26.7 Å². The quantitative estimate of drug-likeness (QED) is 0.793. The molecule has 1 fully saturated rings. The number of nitrogens with zero attached hydrogens (tertiary/aromatic N) is 1. The van der Waals surface area contributed by atoms with Crippen LogP contribution in [0.5, 0.6) is 0 Å². The lowest BCUT2D eigenvalue weighted by Gasteiger charge is -2.26. The second-order valence-electron chi connectivity index (χ2n) is 3.58. The van der Waals surface area contributed by atoms with E-state index in [1.54, 1.807) is 11.8 Å². The molecule has 1 rings (SSSR count). The Bertz CT molecular complexity index is 197. The highest BCUT2D eigenvalue weighted by Crippen LogP contribution is 2.22. The van der Waals surface area contributed by atoms with Crippen LogP contribution < -0.4 is 5.32 Å². The maximum atomic E-state index is 11.8. The smallest absolute Gasteiger partial charge is 0.240 e. The molecule has 0 radical (unpaired) electrons. The predicted octanol–water partition coefficient (Wildman–Crippen LogP) is 2.50. The zero-order valence-corrected chi connectivity index (χ0v) is 9.28. The summed E-state index contributed by atoms with van der Waals surface area (Å²) >= 11 is 1.64. The van der Waals surface area contributed by atoms with E-state index in [4.69, 9.17) is 0 Å². The lowest BCUT2D eigenvalue weighted by molar-refractivity contribution is 0.141. The van der Waals surface area contributed by atoms with Crippen LogP contribution >= 0.6 is 11.8 Å². The summed E-state index contributed by atoms with van der Waals surface area (Å²) in [5.41, 5.74) is 0. The van der Waals surface area contributed by atoms with Crippen molar-refractivity contribution in [2.75, 3.05) is 6.54 Å². The minimum absolute atomic E-state index is 0.144. The molecule has 0 bridgehead atoms. The summed E-state index contributed by atoms with van der Waals surface area (Å²) in [6.45, 7) is 4.43. The first kappa shape index (κ1) is 11.8. The maximum absolute atomic E-state index is 11.8. The number of hydrogen-bond acceptors (Lipinski definition) is 2. The van der Waals surface area contributed by atoms with Crippen LogP contribution in [0.15, 0.2) is 4.99 Å². The molecule has 82 valence electrons. The Morgan fingerprint density at radius 1 is 1.57 bits per heavy atom. The fourth-order valence-electron chi connectivity index (χ4n) is 1.39. The second-order valence-corrected chi connectivity index (χ2v) is 5.00. The van der Waals surface area contributed by atoms with Gasteiger partial charge in [0.25, 0.3) is 0 Å². The zero-order valence-electron chi connectivity index (χ0n) is 8.46. The molecule has 1 heterocycles. The van der Waals surface area contributed by atoms with Crippen LogP contribution in [-0.2, 0) is 0 Å². The van der Waals surface area contributed by atoms with Crippen molar-refractivity contribution in [3.63, 3.8) is 0 Å². The number of halogens is 2. The fourth-order valence-corrected chi connectivity index (χ4v) is 2.59. The molecule has 2 unspecified atom stereocenters. The van der Waals surface area contributed by atoms with Crippen molar-refractivity contribution >= 4 is 16.9 Å². The molecular formula is C9H16F2N2S. The number of aliphatic imine (C=N–C) groups is 1. The highest BCUT2D eigenvalue weighted by atomic mass is 32.2. The van der Waals surface area contributed by atoms with Gasteiger partial charge in [0.2, 0.25) is 6.43 Å². The topological polar surface area (TPSA) is 24.4 Å². The fraction of sp³-hybridized carbons (Fsp3) is 0.889. The Hall–Kier alpha value is -0.320. The number of amidine groups is 1. The van der Waals surface area contributed by atoms with Gasteiger partial charge in [-0.25, -0.2) is 8.78 Å². The van der Waals surface area contributed by atoms with Gasteiger partial charge in [-0.05, 0) is 13.3 Å². The van der Waals surface area contributed by atoms with Gasteiger partial charge < -0.3 is 5.32 Å². The third-order valence-corrected chi connectivity index (χ3v) is 3.04. The largest absolute Gasteiger partial charge is 0.362 e. The third-order valence-electron chi connectivity index (χ3n) is 1.97. The maximum Gasteiger partial charge on any atom is 0.240 e. The van der Waals surface area contributed by atoms with Gasteiger partial charge in [-0.2, -0.15) is 0 Å². The van der Waals surface area contributed by atoms with E-state index in [-0.39, 0.29) is 13.0 Å². The Morgan fingerprint density at radius 2 is 2.29 bits per heavy atom. The molecule has 1 aliphatic heterocycles. The van der Waals surface area contributed by atoms with Crippen LogP contribution in [0.4, 0.5) is 8.78 Å². The molecule has 2 atom stereocenters. The number of rotatable bonds is 3. The summed E-state index contributed by atoms with van der Waals surface area (Å²) in [5.74, 6) is 0. The van der Waals surface area contributed by atoms with E-state index in [9.17, 15) is 8.78 Å². The van der Waals surface area contributed by atoms with Crippen molar-refractivity contribution in [3.8, 4) is 0 Å². The Labute approximate surface area is 87.6 Å². The van der Waals surface area contributed by atoms with Crippen LogP contribution in [-0.4, -0.2) is 29.4 Å². The van der Waals surface area contributed by atoms with Gasteiger partial charge >= 0.3 is 0 Å². The first-order valence-electron chi connectivity index (χ1n) is 4.83. The van der Waals surface area contributed by atoms with Crippen molar-refractivity contribution in [2.45, 2.75) is 44.4 Å². The van der Waals surface area contributed by atoms with Crippen LogP contribution in [0.2, 0.25) is 0 Å². The van der Waals surface area contributed by atoms with Crippen molar-refractivity contribution in [2.24, 2.45) is 4.99 Å². The normalized spacial score (nSPS) is 30.8. The molecule has 0 spiro atoms. The summed E-state index contributed by atoms with van der Waals surface area (Å²) in [4.78, 5) is 4.11. The highest BCUT2D eigenvalue weighted by Gasteiger charge is 2.19. The average Bonchev–Trinajstić information content (AvgIpc) is 2.01. The van der Waals surface area contributed by atoms with Crippen LogP contribution in [0, 0.1) is 0 Å². The van der Waals surface area contributed by atoms with Gasteiger partial charge in [0.15, 0.2) is 5.17 Å². The molecule has 2 nitrogen and oxygen atoms in total. The van der Waals surface area contributed by atoms with Gasteiger partial charge in [0.05, 0.1) is 0 Å². The van der Waals surface area contributed by atoms with Crippen LogP contribution in [0.3, 0.4) is 0 Å². The van der Waals surface area contributed by atoms with Gasteiger partial charge in [0, 0.05) is 24.3 Å². The minimum atomic E-state index is -2.25. The van der Waals surface area contributed by atoms with E-state index in [2.05, 4.69) is 24.2 Å². The second kappa shape index (κ2) is 5.53. The van der Waals surface area contributed by atoms with Crippen molar-refractivity contribution in [3.05, 3.63) is 0 Å². The third kappa shape index (κ3) is 4.26. The van der Waals surface area contributed by atoms with Gasteiger partial charge in [-0.15, -0.1) is 0 Å². The molecule has 0 aromatic heterocycles. The molecule has 1 saturated heterocycles. The van der Waals surface area contributed by atoms with E-state index in [0.717, 1.165) is 11.6 Å². The highest BCUT2D eigenvalue weighted by molar-refractivity contribution is 8.14. The van der Waals surface area contributed by atoms with E-state index in [1.807, 2.05) is 0 Å². The molecule has 0 amide bonds. The van der Waals surface area contributed by atoms with Crippen molar-refractivity contribution in [1.82, 2.24) is 5.32 Å². The van der Waals surface area contributed by atoms with E-state index >= 15 is 0 Å². The summed E-state index contributed by atoms with van der Waals surface area (Å²) in [5, 5.41) is 4.53. The summed E-state index contributed by atoms with van der Waals surface area (Å²) < 4.78 is 23.7. The number of nitrogens with one attached hydrogen (secondary N) is 1. The standard InChI is InChI=1S/C9H16F2N2S/c1-6-5-7(2)14-9(13-6)12-4-3-8(10)11/h6-8H,3-5H2,1-2H3,(H,12,13). The van der Waals surface area contributed by atoms with E-state index in [1.165, 1.54) is 0 Å². The van der Waals surface area contributed by atoms with Gasteiger partial charge in [-0.3, -0.25) is 4.99 Å². The Morgan fingerprint density at radius 3 is 2.86 bits per heavy atom. The first-order chi connectivity index (χ1) is 6.58. The average molecular weight is 222 g/mol. The van der Waals surface area contributed by atoms with E-state index in [0.29, 0.717) is 11.3 Å². The molecular weight excluding hydrogens is 206 g/mol. The van der Waals surface area contributed by atoms with E-state index < -0.39 is 6.43 Å². The summed E-state index contributed by atoms with van der Waals surface area (Å²) in [6.07, 6.45) is -1.30. The molecule has 0 aromatic rings. The molecule has 1 N–H and O–H groups in total. The van der Waals surface area contributed by atoms with Crippen molar-refractivity contribution in [1.29, 1.82) is 0 Å². The SMILES string of the molecule is CC1CC(C)SC(=NCCC(F)F)N1. The predicted molar refractivity (Wildman–Crippen MR) is 57.2 cm³/mol. The molecule has 0 aliphatic carbocycles. The number of thioether (sulfide) groups is 1. The summed E-state index contributed by atoms with van der Waals surface area (Å²) in [6, 6.07) is 0.400.